The van der Waals surface area contributed by atoms with E-state index in [9.17, 15) is 9.90 Å². The molecule has 1 amide bonds. The quantitative estimate of drug-likeness (QED) is 0.300. The molecule has 5 rings (SSSR count). The van der Waals surface area contributed by atoms with E-state index in [1.165, 1.54) is 4.68 Å². The number of aromatic amines is 1. The van der Waals surface area contributed by atoms with Gasteiger partial charge in [-0.1, -0.05) is 24.3 Å². The van der Waals surface area contributed by atoms with Crippen LogP contribution >= 0.6 is 0 Å². The summed E-state index contributed by atoms with van der Waals surface area (Å²) in [4.78, 5) is 20.8. The van der Waals surface area contributed by atoms with Crippen molar-refractivity contribution in [1.82, 2.24) is 39.7 Å². The molecular formula is C24H25N9O3. The number of primary amides is 1. The summed E-state index contributed by atoms with van der Waals surface area (Å²) in [6.45, 7) is 4.58. The van der Waals surface area contributed by atoms with Gasteiger partial charge in [-0.15, -0.1) is 5.10 Å². The molecule has 0 aliphatic carbocycles. The Kier molecular flexibility index (Phi) is 5.94. The number of methoxy groups -OCH3 is 1. The average Bonchev–Trinajstić information content (AvgIpc) is 3.54. The molecule has 0 spiro atoms. The Labute approximate surface area is 205 Å². The Morgan fingerprint density at radius 2 is 2.00 bits per heavy atom. The van der Waals surface area contributed by atoms with E-state index in [-0.39, 0.29) is 17.4 Å². The molecule has 0 saturated carbocycles. The Balaban J connectivity index is 1.49. The van der Waals surface area contributed by atoms with Crippen molar-refractivity contribution in [3.63, 3.8) is 0 Å². The van der Waals surface area contributed by atoms with Crippen molar-refractivity contribution in [3.05, 3.63) is 64.7 Å². The van der Waals surface area contributed by atoms with Crippen molar-refractivity contribution in [2.45, 2.75) is 33.4 Å². The Morgan fingerprint density at radius 3 is 2.78 bits per heavy atom. The smallest absolute Gasteiger partial charge is 0.270 e. The van der Waals surface area contributed by atoms with Gasteiger partial charge in [0, 0.05) is 24.7 Å². The number of nitrogens with zero attached hydrogens (tertiary/aromatic N) is 7. The molecule has 5 aromatic rings. The predicted octanol–water partition coefficient (Wildman–Crippen LogP) is 2.21. The molecule has 0 saturated heterocycles. The van der Waals surface area contributed by atoms with Gasteiger partial charge in [-0.25, -0.2) is 0 Å². The number of fused-ring (bicyclic) bond motifs is 1. The summed E-state index contributed by atoms with van der Waals surface area (Å²) in [5.74, 6) is -0.182. The summed E-state index contributed by atoms with van der Waals surface area (Å²) in [7, 11) is 1.66. The molecule has 4 heterocycles. The number of hydrogen-bond donors (Lipinski definition) is 3. The number of aromatic hydroxyl groups is 1. The second kappa shape index (κ2) is 9.23. The molecule has 36 heavy (non-hydrogen) atoms. The van der Waals surface area contributed by atoms with E-state index in [0.29, 0.717) is 47.7 Å². The molecule has 12 nitrogen and oxygen atoms in total. The highest BCUT2D eigenvalue weighted by Gasteiger charge is 2.23. The number of pyridine rings is 1. The molecule has 4 N–H and O–H groups in total. The van der Waals surface area contributed by atoms with E-state index in [4.69, 9.17) is 10.5 Å². The fourth-order valence-electron chi connectivity index (χ4n) is 4.15. The average molecular weight is 488 g/mol. The van der Waals surface area contributed by atoms with E-state index >= 15 is 0 Å². The van der Waals surface area contributed by atoms with E-state index in [0.717, 1.165) is 16.8 Å². The molecule has 4 aromatic heterocycles. The van der Waals surface area contributed by atoms with E-state index in [1.807, 2.05) is 25.1 Å². The number of amides is 1. The monoisotopic (exact) mass is 487 g/mol. The van der Waals surface area contributed by atoms with Crippen LogP contribution in [0.25, 0.3) is 28.4 Å². The minimum atomic E-state index is -0.666. The second-order valence-corrected chi connectivity index (χ2v) is 8.46. The third kappa shape index (κ3) is 4.18. The number of carbonyl (C=O) groups is 1. The Hall–Kier alpha value is -4.58. The molecule has 0 radical (unpaired) electrons. The summed E-state index contributed by atoms with van der Waals surface area (Å²) >= 11 is 0. The van der Waals surface area contributed by atoms with Gasteiger partial charge >= 0.3 is 0 Å². The first-order chi connectivity index (χ1) is 17.4. The van der Waals surface area contributed by atoms with E-state index in [2.05, 4.69) is 36.4 Å². The molecular weight excluding hydrogens is 462 g/mol. The van der Waals surface area contributed by atoms with Gasteiger partial charge in [0.15, 0.2) is 17.3 Å². The number of aryl methyl sites for hydroxylation is 4. The highest BCUT2D eigenvalue weighted by Crippen LogP contribution is 2.31. The number of rotatable bonds is 8. The number of hydrogen-bond acceptors (Lipinski definition) is 8. The van der Waals surface area contributed by atoms with Crippen LogP contribution in [0.15, 0.2) is 36.5 Å². The zero-order valence-corrected chi connectivity index (χ0v) is 20.1. The van der Waals surface area contributed by atoms with Crippen molar-refractivity contribution >= 4 is 16.8 Å². The topological polar surface area (TPSA) is 163 Å². The SMILES string of the molecule is COCc1cccc(CCn2nc(C)c(O)c2-c2nc(-n3nc(C(N)=O)c4cc(C)ncc43)n[nH]2)c1. The lowest BCUT2D eigenvalue weighted by molar-refractivity contribution is 0.0996. The van der Waals surface area contributed by atoms with Gasteiger partial charge in [-0.05, 0) is 37.5 Å². The zero-order valence-electron chi connectivity index (χ0n) is 20.1. The van der Waals surface area contributed by atoms with Crippen LogP contribution < -0.4 is 5.73 Å². The highest BCUT2D eigenvalue weighted by atomic mass is 16.5. The fraction of sp³-hybridized carbons (Fsp3) is 0.250. The molecule has 0 bridgehead atoms. The molecule has 1 aromatic carbocycles. The second-order valence-electron chi connectivity index (χ2n) is 8.46. The van der Waals surface area contributed by atoms with Crippen molar-refractivity contribution in [2.75, 3.05) is 7.11 Å². The first-order valence-electron chi connectivity index (χ1n) is 11.3. The zero-order chi connectivity index (χ0) is 25.4. The molecule has 0 atom stereocenters. The van der Waals surface area contributed by atoms with Gasteiger partial charge in [-0.3, -0.25) is 19.6 Å². The number of nitrogens with two attached hydrogens (primary N) is 1. The Bertz CT molecular complexity index is 1580. The number of ether oxygens (including phenoxy) is 1. The van der Waals surface area contributed by atoms with Gasteiger partial charge in [0.05, 0.1) is 18.3 Å². The molecule has 0 aliphatic heterocycles. The van der Waals surface area contributed by atoms with Crippen LogP contribution in [-0.4, -0.2) is 57.8 Å². The normalized spacial score (nSPS) is 11.4. The summed E-state index contributed by atoms with van der Waals surface area (Å²) < 4.78 is 8.31. The maximum absolute atomic E-state index is 12.0. The lowest BCUT2D eigenvalue weighted by Crippen LogP contribution is -2.12. The van der Waals surface area contributed by atoms with Crippen molar-refractivity contribution in [2.24, 2.45) is 5.73 Å². The van der Waals surface area contributed by atoms with Crippen LogP contribution in [-0.2, 0) is 24.3 Å². The maximum Gasteiger partial charge on any atom is 0.270 e. The lowest BCUT2D eigenvalue weighted by atomic mass is 10.1. The summed E-state index contributed by atoms with van der Waals surface area (Å²) in [6.07, 6.45) is 2.27. The van der Waals surface area contributed by atoms with Gasteiger partial charge in [-0.2, -0.15) is 19.9 Å². The van der Waals surface area contributed by atoms with Crippen LogP contribution in [0.5, 0.6) is 5.75 Å². The third-order valence-corrected chi connectivity index (χ3v) is 5.83. The summed E-state index contributed by atoms with van der Waals surface area (Å²) in [5, 5.41) is 27.3. The van der Waals surface area contributed by atoms with Crippen molar-refractivity contribution in [1.29, 1.82) is 0 Å². The third-order valence-electron chi connectivity index (χ3n) is 5.83. The minimum absolute atomic E-state index is 0.00581. The molecule has 12 heteroatoms. The van der Waals surface area contributed by atoms with Crippen LogP contribution in [0.2, 0.25) is 0 Å². The number of aromatic nitrogens is 8. The number of nitrogens with one attached hydrogen (secondary N) is 1. The maximum atomic E-state index is 12.0. The number of H-pyrrole nitrogens is 1. The Morgan fingerprint density at radius 1 is 1.19 bits per heavy atom. The number of carbonyl (C=O) groups excluding carboxylic acids is 1. The predicted molar refractivity (Wildman–Crippen MR) is 131 cm³/mol. The van der Waals surface area contributed by atoms with Gasteiger partial charge < -0.3 is 15.6 Å². The lowest BCUT2D eigenvalue weighted by Gasteiger charge is -2.07. The summed E-state index contributed by atoms with van der Waals surface area (Å²) in [6, 6.07) is 9.86. The van der Waals surface area contributed by atoms with Gasteiger partial charge in [0.1, 0.15) is 11.4 Å². The van der Waals surface area contributed by atoms with Gasteiger partial charge in [0.2, 0.25) is 0 Å². The van der Waals surface area contributed by atoms with Crippen molar-refractivity contribution < 1.29 is 14.6 Å². The van der Waals surface area contributed by atoms with E-state index in [1.54, 1.807) is 31.0 Å². The van der Waals surface area contributed by atoms with Crippen molar-refractivity contribution in [3.8, 4) is 23.2 Å². The van der Waals surface area contributed by atoms with Crippen LogP contribution in [0.1, 0.15) is 33.0 Å². The van der Waals surface area contributed by atoms with Crippen LogP contribution in [0.3, 0.4) is 0 Å². The van der Waals surface area contributed by atoms with Gasteiger partial charge in [0.25, 0.3) is 11.9 Å². The standard InChI is InChI=1S/C24H25N9O3/c1-13-9-17-18(11-26-13)33(31-19(17)22(25)35)24-27-23(28-29-24)20-21(34)14(2)30-32(20)8-7-15-5-4-6-16(10-15)12-36-3/h4-6,9-11,34H,7-8,12H2,1-3H3,(H2,25,35)(H,27,28,29). The molecule has 0 aliphatic rings. The van der Waals surface area contributed by atoms with E-state index < -0.39 is 5.91 Å². The first-order valence-corrected chi connectivity index (χ1v) is 11.3. The number of benzene rings is 1. The fourth-order valence-corrected chi connectivity index (χ4v) is 4.15. The van der Waals surface area contributed by atoms with Crippen LogP contribution in [0, 0.1) is 13.8 Å². The molecule has 184 valence electrons. The largest absolute Gasteiger partial charge is 0.504 e. The first kappa shape index (κ1) is 23.2. The molecule has 0 unspecified atom stereocenters. The summed E-state index contributed by atoms with van der Waals surface area (Å²) in [5.41, 5.74) is 9.96. The molecule has 0 fully saturated rings. The minimum Gasteiger partial charge on any atom is -0.504 e. The highest BCUT2D eigenvalue weighted by molar-refractivity contribution is 6.04. The van der Waals surface area contributed by atoms with Crippen LogP contribution in [0.4, 0.5) is 0 Å².